The summed E-state index contributed by atoms with van der Waals surface area (Å²) in [7, 11) is 0. The average Bonchev–Trinajstić information content (AvgIpc) is 3.83. The van der Waals surface area contributed by atoms with E-state index in [1.165, 1.54) is 53.1 Å². The molecule has 10 rings (SSSR count). The number of fused-ring (bicyclic) bond motifs is 6. The van der Waals surface area contributed by atoms with Gasteiger partial charge in [0.1, 0.15) is 0 Å². The zero-order valence-corrected chi connectivity index (χ0v) is 31.9. The molecule has 0 atom stereocenters. The van der Waals surface area contributed by atoms with Gasteiger partial charge in [0.15, 0.2) is 11.7 Å². The van der Waals surface area contributed by atoms with Crippen molar-refractivity contribution in [3.63, 3.8) is 0 Å². The second-order valence-corrected chi connectivity index (χ2v) is 15.1. The molecule has 10 aromatic rings. The zero-order valence-electron chi connectivity index (χ0n) is 31.1. The lowest BCUT2D eigenvalue weighted by Gasteiger charge is -2.11. The monoisotopic (exact) mass is 748 g/mol. The van der Waals surface area contributed by atoms with E-state index in [-0.39, 0.29) is 0 Å². The van der Waals surface area contributed by atoms with Gasteiger partial charge in [-0.2, -0.15) is 0 Å². The molecule has 0 saturated carbocycles. The van der Waals surface area contributed by atoms with Crippen LogP contribution in [0.25, 0.3) is 69.9 Å². The van der Waals surface area contributed by atoms with Crippen LogP contribution in [0.2, 0.25) is 0 Å². The molecule has 0 radical (unpaired) electrons. The van der Waals surface area contributed by atoms with Crippen molar-refractivity contribution in [3.8, 4) is 27.9 Å². The molecule has 0 unspecified atom stereocenters. The van der Waals surface area contributed by atoms with Gasteiger partial charge in [-0.1, -0.05) is 152 Å². The van der Waals surface area contributed by atoms with Crippen molar-refractivity contribution in [1.82, 2.24) is 4.57 Å². The van der Waals surface area contributed by atoms with Gasteiger partial charge in [0.2, 0.25) is 0 Å². The first kappa shape index (κ1) is 34.3. The Morgan fingerprint density at radius 3 is 1.95 bits per heavy atom. The number of rotatable bonds is 7. The van der Waals surface area contributed by atoms with Crippen LogP contribution in [0.4, 0.5) is 0 Å². The standard InChI is InChI=1S/C52H36N4S/c1-53-51(36-16-4-2-5-17-36)55-52(37-18-6-3-7-19-37)54-34-35-15-12-20-38(31-35)39-21-13-22-41(32-39)56-47-27-10-8-23-43(47)46-33-40(29-30-48(46)56)42-25-14-26-45-44-24-9-11-28-49(44)57-50(42)45/h2-33H,1,34H2. The zero-order chi connectivity index (χ0) is 38.1. The SMILES string of the molecule is C=NC(=NC(=NCc1cccc(-c2cccc(-n3c4ccccc4c4cc(-c5cccc6c5sc5ccccc56)ccc43)c2)c1)c1ccccc1)c1ccccc1. The number of aromatic nitrogens is 1. The summed E-state index contributed by atoms with van der Waals surface area (Å²) in [6.07, 6.45) is 0. The third-order valence-electron chi connectivity index (χ3n) is 10.6. The molecule has 57 heavy (non-hydrogen) atoms. The molecule has 0 saturated heterocycles. The molecule has 0 fully saturated rings. The number of amidine groups is 2. The summed E-state index contributed by atoms with van der Waals surface area (Å²) in [6.45, 7) is 4.27. The molecule has 0 spiro atoms. The fourth-order valence-corrected chi connectivity index (χ4v) is 9.13. The highest BCUT2D eigenvalue weighted by molar-refractivity contribution is 7.26. The summed E-state index contributed by atoms with van der Waals surface area (Å²) >= 11 is 1.88. The number of nitrogens with zero attached hydrogens (tertiary/aromatic N) is 4. The Balaban J connectivity index is 1.01. The first-order valence-corrected chi connectivity index (χ1v) is 19.9. The van der Waals surface area contributed by atoms with Gasteiger partial charge in [0.25, 0.3) is 0 Å². The molecule has 270 valence electrons. The number of hydrogen-bond acceptors (Lipinski definition) is 2. The van der Waals surface area contributed by atoms with Crippen LogP contribution in [0.1, 0.15) is 16.7 Å². The second kappa shape index (κ2) is 14.8. The van der Waals surface area contributed by atoms with E-state index in [0.29, 0.717) is 18.2 Å². The van der Waals surface area contributed by atoms with Crippen molar-refractivity contribution in [2.24, 2.45) is 15.0 Å². The van der Waals surface area contributed by atoms with Crippen molar-refractivity contribution in [1.29, 1.82) is 0 Å². The number of para-hydroxylation sites is 1. The van der Waals surface area contributed by atoms with Gasteiger partial charge in [-0.15, -0.1) is 11.3 Å². The molecule has 0 aliphatic heterocycles. The van der Waals surface area contributed by atoms with Crippen LogP contribution in [0, 0.1) is 0 Å². The second-order valence-electron chi connectivity index (χ2n) is 14.1. The van der Waals surface area contributed by atoms with Crippen molar-refractivity contribution < 1.29 is 0 Å². The van der Waals surface area contributed by atoms with Gasteiger partial charge in [0.05, 0.1) is 17.6 Å². The normalized spacial score (nSPS) is 12.2. The topological polar surface area (TPSA) is 42.0 Å². The van der Waals surface area contributed by atoms with Gasteiger partial charge >= 0.3 is 0 Å². The molecule has 2 heterocycles. The van der Waals surface area contributed by atoms with Crippen LogP contribution in [0.15, 0.2) is 209 Å². The Morgan fingerprint density at radius 1 is 0.491 bits per heavy atom. The molecular weight excluding hydrogens is 713 g/mol. The van der Waals surface area contributed by atoms with Crippen LogP contribution < -0.4 is 0 Å². The van der Waals surface area contributed by atoms with Crippen molar-refractivity contribution in [3.05, 3.63) is 211 Å². The maximum atomic E-state index is 5.03. The lowest BCUT2D eigenvalue weighted by Crippen LogP contribution is -2.05. The van der Waals surface area contributed by atoms with E-state index in [9.17, 15) is 0 Å². The van der Waals surface area contributed by atoms with Crippen molar-refractivity contribution in [2.75, 3.05) is 0 Å². The molecule has 0 aliphatic carbocycles. The largest absolute Gasteiger partial charge is 0.309 e. The molecule has 2 aromatic heterocycles. The minimum atomic E-state index is 0.463. The smallest absolute Gasteiger partial charge is 0.161 e. The molecule has 0 aliphatic rings. The van der Waals surface area contributed by atoms with Crippen LogP contribution in [-0.4, -0.2) is 23.0 Å². The predicted octanol–water partition coefficient (Wildman–Crippen LogP) is 13.6. The summed E-state index contributed by atoms with van der Waals surface area (Å²) in [5.74, 6) is 1.16. The highest BCUT2D eigenvalue weighted by Crippen LogP contribution is 2.42. The van der Waals surface area contributed by atoms with Crippen molar-refractivity contribution >= 4 is 71.7 Å². The molecular formula is C52H36N4S. The Labute approximate surface area is 335 Å². The number of thiophene rings is 1. The molecule has 5 heteroatoms. The van der Waals surface area contributed by atoms with E-state index in [2.05, 4.69) is 150 Å². The highest BCUT2D eigenvalue weighted by atomic mass is 32.1. The summed E-state index contributed by atoms with van der Waals surface area (Å²) < 4.78 is 5.05. The fraction of sp³-hybridized carbons (Fsp3) is 0.0192. The van der Waals surface area contributed by atoms with Gasteiger partial charge in [-0.3, -0.25) is 4.99 Å². The van der Waals surface area contributed by atoms with E-state index in [1.807, 2.05) is 72.0 Å². The van der Waals surface area contributed by atoms with Crippen LogP contribution in [0.5, 0.6) is 0 Å². The molecule has 8 aromatic carbocycles. The first-order chi connectivity index (χ1) is 28.2. The van der Waals surface area contributed by atoms with Crippen LogP contribution >= 0.6 is 11.3 Å². The Hall–Kier alpha value is -7.21. The quantitative estimate of drug-likeness (QED) is 0.115. The summed E-state index contributed by atoms with van der Waals surface area (Å²) in [5.41, 5.74) is 11.2. The van der Waals surface area contributed by atoms with Gasteiger partial charge in [0, 0.05) is 47.8 Å². The number of benzene rings is 8. The molecule has 4 nitrogen and oxygen atoms in total. The number of aliphatic imine (C=N–C) groups is 3. The molecule has 0 N–H and O–H groups in total. The minimum Gasteiger partial charge on any atom is -0.309 e. The molecule has 0 bridgehead atoms. The molecule has 0 amide bonds. The van der Waals surface area contributed by atoms with E-state index in [1.54, 1.807) is 0 Å². The van der Waals surface area contributed by atoms with E-state index in [0.717, 1.165) is 33.5 Å². The predicted molar refractivity (Wildman–Crippen MR) is 244 cm³/mol. The van der Waals surface area contributed by atoms with Crippen LogP contribution in [0.3, 0.4) is 0 Å². The van der Waals surface area contributed by atoms with Crippen molar-refractivity contribution in [2.45, 2.75) is 6.54 Å². The van der Waals surface area contributed by atoms with Gasteiger partial charge < -0.3 is 4.57 Å². The number of hydrogen-bond donors (Lipinski definition) is 0. The maximum absolute atomic E-state index is 5.03. The Bertz CT molecular complexity index is 3170. The Morgan fingerprint density at radius 2 is 1.14 bits per heavy atom. The average molecular weight is 749 g/mol. The lowest BCUT2D eigenvalue weighted by molar-refractivity contribution is 1.06. The minimum absolute atomic E-state index is 0.463. The summed E-state index contributed by atoms with van der Waals surface area (Å²) in [4.78, 5) is 14.2. The highest BCUT2D eigenvalue weighted by Gasteiger charge is 2.16. The summed E-state index contributed by atoms with van der Waals surface area (Å²) in [5, 5.41) is 5.11. The van der Waals surface area contributed by atoms with Crippen LogP contribution in [-0.2, 0) is 6.54 Å². The third-order valence-corrected chi connectivity index (χ3v) is 11.8. The van der Waals surface area contributed by atoms with E-state index < -0.39 is 0 Å². The fourth-order valence-electron chi connectivity index (χ4n) is 7.89. The van der Waals surface area contributed by atoms with E-state index >= 15 is 0 Å². The summed E-state index contributed by atoms with van der Waals surface area (Å²) in [6, 6.07) is 68.5. The maximum Gasteiger partial charge on any atom is 0.161 e. The third kappa shape index (κ3) is 6.44. The first-order valence-electron chi connectivity index (χ1n) is 19.1. The Kier molecular flexibility index (Phi) is 8.90. The van der Waals surface area contributed by atoms with Gasteiger partial charge in [-0.05, 0) is 77.0 Å². The van der Waals surface area contributed by atoms with Gasteiger partial charge in [-0.25, -0.2) is 9.98 Å². The lowest BCUT2D eigenvalue weighted by atomic mass is 10.0. The van der Waals surface area contributed by atoms with E-state index in [4.69, 9.17) is 9.98 Å².